The first kappa shape index (κ1) is 29.6. The lowest BCUT2D eigenvalue weighted by atomic mass is 10.1. The number of nitrogens with zero attached hydrogens (tertiary/aromatic N) is 5. The number of rotatable bonds is 5. The molecular formula is C30H28F2N6O4. The van der Waals surface area contributed by atoms with Crippen molar-refractivity contribution in [3.8, 4) is 0 Å². The third-order valence-electron chi connectivity index (χ3n) is 6.35. The van der Waals surface area contributed by atoms with Crippen molar-refractivity contribution in [2.24, 2.45) is 19.2 Å². The zero-order valence-corrected chi connectivity index (χ0v) is 23.0. The maximum atomic E-state index is 12.9. The van der Waals surface area contributed by atoms with Crippen LogP contribution in [0.4, 0.5) is 8.78 Å². The van der Waals surface area contributed by atoms with Crippen molar-refractivity contribution >= 4 is 30.7 Å². The predicted molar refractivity (Wildman–Crippen MR) is 154 cm³/mol. The number of benzene rings is 2. The van der Waals surface area contributed by atoms with Crippen LogP contribution in [0.2, 0.25) is 0 Å². The van der Waals surface area contributed by atoms with Gasteiger partial charge < -0.3 is 19.0 Å². The first-order valence-electron chi connectivity index (χ1n) is 12.7. The van der Waals surface area contributed by atoms with Crippen LogP contribution in [-0.2, 0) is 31.7 Å². The van der Waals surface area contributed by atoms with Crippen LogP contribution in [-0.4, -0.2) is 30.1 Å². The molecular weight excluding hydrogens is 546 g/mol. The molecule has 2 aromatic carbocycles. The molecule has 216 valence electrons. The number of nitrogens with one attached hydrogen (secondary N) is 1. The molecule has 42 heavy (non-hydrogen) atoms. The number of hydrogen-bond donors (Lipinski definition) is 2. The molecule has 1 aliphatic heterocycles. The SMILES string of the molecule is C=c1c(=O)c(=C(O)CCc2ccc(F)cc2)ncn1C.C=c1c(=O)c(=C2NN=C(Cc3ccc(F)cc3)O2)ncn1C. The van der Waals surface area contributed by atoms with Crippen molar-refractivity contribution in [2.45, 2.75) is 19.3 Å². The van der Waals surface area contributed by atoms with Crippen molar-refractivity contribution < 1.29 is 18.6 Å². The largest absolute Gasteiger partial charge is 0.510 e. The molecule has 10 nitrogen and oxygen atoms in total. The molecule has 5 rings (SSSR count). The fraction of sp³-hybridized carbons (Fsp3) is 0.167. The van der Waals surface area contributed by atoms with Gasteiger partial charge in [-0.2, -0.15) is 0 Å². The van der Waals surface area contributed by atoms with E-state index in [1.165, 1.54) is 46.1 Å². The van der Waals surface area contributed by atoms with E-state index in [9.17, 15) is 23.5 Å². The van der Waals surface area contributed by atoms with E-state index in [1.54, 1.807) is 38.4 Å². The molecule has 0 bridgehead atoms. The van der Waals surface area contributed by atoms with Crippen LogP contribution in [0.5, 0.6) is 0 Å². The van der Waals surface area contributed by atoms with Gasteiger partial charge >= 0.3 is 0 Å². The summed E-state index contributed by atoms with van der Waals surface area (Å²) in [6.07, 6.45) is 4.06. The van der Waals surface area contributed by atoms with Crippen LogP contribution in [0.1, 0.15) is 17.5 Å². The maximum absolute atomic E-state index is 12.9. The third-order valence-corrected chi connectivity index (χ3v) is 6.35. The van der Waals surface area contributed by atoms with Crippen LogP contribution in [0.25, 0.3) is 24.8 Å². The lowest BCUT2D eigenvalue weighted by molar-refractivity contribution is 0.474. The third kappa shape index (κ3) is 7.02. The van der Waals surface area contributed by atoms with Gasteiger partial charge in [0.1, 0.15) is 17.4 Å². The van der Waals surface area contributed by atoms with Gasteiger partial charge in [0, 0.05) is 20.5 Å². The van der Waals surface area contributed by atoms with Gasteiger partial charge in [-0.1, -0.05) is 37.4 Å². The highest BCUT2D eigenvalue weighted by Gasteiger charge is 2.16. The van der Waals surface area contributed by atoms with E-state index < -0.39 is 0 Å². The van der Waals surface area contributed by atoms with Crippen molar-refractivity contribution in [3.05, 3.63) is 126 Å². The van der Waals surface area contributed by atoms with Crippen LogP contribution in [0, 0.1) is 11.6 Å². The van der Waals surface area contributed by atoms with E-state index in [0.717, 1.165) is 11.1 Å². The topological polar surface area (TPSA) is 124 Å². The van der Waals surface area contributed by atoms with E-state index in [0.29, 0.717) is 24.1 Å². The Morgan fingerprint density at radius 2 is 1.43 bits per heavy atom. The summed E-state index contributed by atoms with van der Waals surface area (Å²) in [5, 5.41) is 14.7. The Bertz CT molecular complexity index is 1990. The molecule has 4 aromatic rings. The second kappa shape index (κ2) is 12.9. The smallest absolute Gasteiger partial charge is 0.245 e. The van der Waals surface area contributed by atoms with Crippen molar-refractivity contribution in [1.29, 1.82) is 0 Å². The minimum absolute atomic E-state index is 0.0233. The first-order chi connectivity index (χ1) is 20.0. The maximum Gasteiger partial charge on any atom is 0.245 e. The number of aliphatic hydroxyl groups is 1. The molecule has 0 radical (unpaired) electrons. The molecule has 0 fully saturated rings. The van der Waals surface area contributed by atoms with Crippen LogP contribution >= 0.6 is 0 Å². The van der Waals surface area contributed by atoms with E-state index >= 15 is 0 Å². The average Bonchev–Trinajstić information content (AvgIpc) is 3.44. The number of ether oxygens (including phenoxy) is 1. The molecule has 12 heteroatoms. The number of aryl methyl sites for hydroxylation is 3. The van der Waals surface area contributed by atoms with Gasteiger partial charge in [-0.25, -0.2) is 24.2 Å². The Labute approximate surface area is 238 Å². The van der Waals surface area contributed by atoms with E-state index in [-0.39, 0.29) is 56.6 Å². The minimum atomic E-state index is -0.383. The quantitative estimate of drug-likeness (QED) is 0.349. The highest BCUT2D eigenvalue weighted by Crippen LogP contribution is 2.10. The lowest BCUT2D eigenvalue weighted by Crippen LogP contribution is -2.46. The summed E-state index contributed by atoms with van der Waals surface area (Å²) in [5.41, 5.74) is 3.66. The van der Waals surface area contributed by atoms with Gasteiger partial charge in [0.25, 0.3) is 0 Å². The molecule has 2 aromatic heterocycles. The summed E-state index contributed by atoms with van der Waals surface area (Å²) in [4.78, 5) is 32.0. The van der Waals surface area contributed by atoms with Gasteiger partial charge in [0.2, 0.25) is 22.6 Å². The standard InChI is InChI=1S/C15H13FN4O2.C15H15FN2O2/c1-9-14(21)13(17-8-20(9)2)15-19-18-12(22-15)7-10-3-5-11(16)6-4-10;1-10-15(20)14(17-9-18(10)2)13(19)8-5-11-3-6-12(16)7-4-11/h3-6,8,19H,1,7H2,2H3;3-4,6-7,9,19H,1,5,8H2,2H3. The van der Waals surface area contributed by atoms with E-state index in [4.69, 9.17) is 4.74 Å². The molecule has 0 unspecified atom stereocenters. The summed E-state index contributed by atoms with van der Waals surface area (Å²) in [5.74, 6) is -0.134. The molecule has 0 saturated carbocycles. The van der Waals surface area contributed by atoms with Crippen LogP contribution in [0.3, 0.4) is 0 Å². The molecule has 3 heterocycles. The molecule has 0 amide bonds. The lowest BCUT2D eigenvalue weighted by Gasteiger charge is -2.02. The Kier molecular flexibility index (Phi) is 9.05. The number of aromatic nitrogens is 4. The molecule has 0 aliphatic carbocycles. The van der Waals surface area contributed by atoms with Crippen molar-refractivity contribution in [3.63, 3.8) is 0 Å². The van der Waals surface area contributed by atoms with Crippen molar-refractivity contribution in [1.82, 2.24) is 24.5 Å². The van der Waals surface area contributed by atoms with Gasteiger partial charge in [-0.3, -0.25) is 9.59 Å². The Hall–Kier alpha value is -5.39. The Morgan fingerprint density at radius 1 is 0.881 bits per heavy atom. The normalized spacial score (nSPS) is 14.2. The van der Waals surface area contributed by atoms with Gasteiger partial charge in [-0.15, -0.1) is 5.10 Å². The van der Waals surface area contributed by atoms with Gasteiger partial charge in [0.05, 0.1) is 29.8 Å². The minimum Gasteiger partial charge on any atom is -0.510 e. The highest BCUT2D eigenvalue weighted by atomic mass is 19.1. The van der Waals surface area contributed by atoms with E-state index in [1.807, 2.05) is 0 Å². The fourth-order valence-electron chi connectivity index (χ4n) is 3.77. The summed E-state index contributed by atoms with van der Waals surface area (Å²) in [6.45, 7) is 7.32. The summed E-state index contributed by atoms with van der Waals surface area (Å²) < 4.78 is 34.2. The number of aliphatic hydroxyl groups excluding tert-OH is 1. The number of hydrogen-bond acceptors (Lipinski definition) is 8. The second-order valence-corrected chi connectivity index (χ2v) is 9.38. The van der Waals surface area contributed by atoms with Crippen LogP contribution in [0.15, 0.2) is 75.9 Å². The first-order valence-corrected chi connectivity index (χ1v) is 12.7. The summed E-state index contributed by atoms with van der Waals surface area (Å²) in [6, 6.07) is 12.0. The Balaban J connectivity index is 0.000000194. The van der Waals surface area contributed by atoms with Crippen molar-refractivity contribution in [2.75, 3.05) is 0 Å². The van der Waals surface area contributed by atoms with Gasteiger partial charge in [-0.05, 0) is 41.8 Å². The van der Waals surface area contributed by atoms with Gasteiger partial charge in [0.15, 0.2) is 10.7 Å². The average molecular weight is 575 g/mol. The fourth-order valence-corrected chi connectivity index (χ4v) is 3.77. The summed E-state index contributed by atoms with van der Waals surface area (Å²) >= 11 is 0. The summed E-state index contributed by atoms with van der Waals surface area (Å²) in [7, 11) is 3.35. The predicted octanol–water partition coefficient (Wildman–Crippen LogP) is 0.200. The molecule has 0 atom stereocenters. The molecule has 0 saturated heterocycles. The van der Waals surface area contributed by atoms with E-state index in [2.05, 4.69) is 33.7 Å². The van der Waals surface area contributed by atoms with Crippen LogP contribution < -0.4 is 37.7 Å². The number of hydrazone groups is 1. The highest BCUT2D eigenvalue weighted by molar-refractivity contribution is 5.84. The monoisotopic (exact) mass is 574 g/mol. The Morgan fingerprint density at radius 3 is 2.05 bits per heavy atom. The molecule has 2 N–H and O–H groups in total. The second-order valence-electron chi connectivity index (χ2n) is 9.38. The zero-order valence-electron chi connectivity index (χ0n) is 23.0. The molecule has 0 spiro atoms. The number of halogens is 2. The molecule has 1 aliphatic rings. The zero-order chi connectivity index (χ0) is 30.4.